The Hall–Kier alpha value is -2.05. The number of aromatic nitrogens is 4. The predicted molar refractivity (Wildman–Crippen MR) is 121 cm³/mol. The first-order chi connectivity index (χ1) is 15.3. The molecule has 1 aromatic carbocycles. The molecule has 1 saturated heterocycles. The summed E-state index contributed by atoms with van der Waals surface area (Å²) in [6.07, 6.45) is -0.778. The standard InChI is InChI=1S/C20H25Cl2N7O3/c1-28(5-4-24-7-11-2-3-12(21)13(22)6-11)8-14-16(30)17(31)20(32-14)29-10-27-15-18(23)25-9-26-19(15)29/h2-3,6,9-10,14,16-17,20,24,30-31H,4-5,7-8H2,1H3,(H2,23,25,26)/t14-,16-,17-,20-/m1/s1. The van der Waals surface area contributed by atoms with E-state index in [9.17, 15) is 10.2 Å². The van der Waals surface area contributed by atoms with E-state index in [2.05, 4.69) is 20.3 Å². The number of imidazole rings is 1. The van der Waals surface area contributed by atoms with Gasteiger partial charge in [0.05, 0.1) is 16.4 Å². The van der Waals surface area contributed by atoms with Gasteiger partial charge in [-0.1, -0.05) is 29.3 Å². The average Bonchev–Trinajstić information content (AvgIpc) is 3.31. The highest BCUT2D eigenvalue weighted by Gasteiger charge is 2.44. The van der Waals surface area contributed by atoms with Gasteiger partial charge >= 0.3 is 0 Å². The molecule has 0 aliphatic carbocycles. The first kappa shape index (κ1) is 23.1. The molecule has 172 valence electrons. The number of nitrogens with zero attached hydrogens (tertiary/aromatic N) is 5. The highest BCUT2D eigenvalue weighted by molar-refractivity contribution is 6.42. The molecule has 0 saturated carbocycles. The van der Waals surface area contributed by atoms with E-state index < -0.39 is 24.5 Å². The van der Waals surface area contributed by atoms with Crippen LogP contribution in [0.15, 0.2) is 30.9 Å². The third kappa shape index (κ3) is 4.81. The molecule has 0 radical (unpaired) electrons. The molecular weight excluding hydrogens is 457 g/mol. The fourth-order valence-corrected chi connectivity index (χ4v) is 4.04. The number of nitrogens with one attached hydrogen (secondary N) is 1. The molecule has 0 unspecified atom stereocenters. The largest absolute Gasteiger partial charge is 0.387 e. The maximum absolute atomic E-state index is 10.6. The zero-order chi connectivity index (χ0) is 22.8. The Balaban J connectivity index is 1.30. The third-order valence-corrected chi connectivity index (χ3v) is 6.21. The van der Waals surface area contributed by atoms with Crippen molar-refractivity contribution in [2.75, 3.05) is 32.4 Å². The van der Waals surface area contributed by atoms with Crippen LogP contribution in [0.5, 0.6) is 0 Å². The summed E-state index contributed by atoms with van der Waals surface area (Å²) in [4.78, 5) is 14.3. The minimum Gasteiger partial charge on any atom is -0.387 e. The van der Waals surface area contributed by atoms with E-state index in [1.807, 2.05) is 24.1 Å². The van der Waals surface area contributed by atoms with Gasteiger partial charge in [-0.15, -0.1) is 0 Å². The van der Waals surface area contributed by atoms with Crippen LogP contribution >= 0.6 is 23.2 Å². The lowest BCUT2D eigenvalue weighted by Crippen LogP contribution is -2.40. The van der Waals surface area contributed by atoms with Crippen LogP contribution in [0.1, 0.15) is 11.8 Å². The molecule has 1 aliphatic rings. The van der Waals surface area contributed by atoms with Gasteiger partial charge in [-0.25, -0.2) is 15.0 Å². The lowest BCUT2D eigenvalue weighted by molar-refractivity contribution is -0.0420. The Morgan fingerprint density at radius 1 is 1.19 bits per heavy atom. The number of fused-ring (bicyclic) bond motifs is 1. The molecule has 0 amide bonds. The molecule has 3 aromatic rings. The van der Waals surface area contributed by atoms with Crippen molar-refractivity contribution < 1.29 is 14.9 Å². The zero-order valence-corrected chi connectivity index (χ0v) is 18.9. The molecule has 4 rings (SSSR count). The van der Waals surface area contributed by atoms with Gasteiger partial charge in [-0.3, -0.25) is 4.57 Å². The first-order valence-electron chi connectivity index (χ1n) is 10.1. The molecule has 5 N–H and O–H groups in total. The molecule has 10 nitrogen and oxygen atoms in total. The summed E-state index contributed by atoms with van der Waals surface area (Å²) in [5.41, 5.74) is 7.73. The minimum absolute atomic E-state index is 0.242. The predicted octanol–water partition coefficient (Wildman–Crippen LogP) is 1.06. The molecular formula is C20H25Cl2N7O3. The number of aliphatic hydroxyl groups is 2. The summed E-state index contributed by atoms with van der Waals surface area (Å²) in [5, 5.41) is 25.5. The van der Waals surface area contributed by atoms with Gasteiger partial charge in [0.15, 0.2) is 17.7 Å². The van der Waals surface area contributed by atoms with Crippen molar-refractivity contribution in [1.82, 2.24) is 29.7 Å². The number of halogens is 2. The molecule has 0 bridgehead atoms. The number of rotatable bonds is 8. The van der Waals surface area contributed by atoms with Gasteiger partial charge in [0.1, 0.15) is 30.2 Å². The van der Waals surface area contributed by atoms with Crippen molar-refractivity contribution in [3.05, 3.63) is 46.5 Å². The number of hydrogen-bond donors (Lipinski definition) is 4. The molecule has 1 aliphatic heterocycles. The van der Waals surface area contributed by atoms with Crippen molar-refractivity contribution in [3.63, 3.8) is 0 Å². The number of ether oxygens (including phenoxy) is 1. The normalized spacial score (nSPS) is 23.4. The van der Waals surface area contributed by atoms with Crippen LogP contribution in [0.2, 0.25) is 10.0 Å². The Morgan fingerprint density at radius 3 is 2.78 bits per heavy atom. The summed E-state index contributed by atoms with van der Waals surface area (Å²) in [6.45, 7) is 2.53. The van der Waals surface area contributed by atoms with Crippen molar-refractivity contribution >= 4 is 40.2 Å². The van der Waals surface area contributed by atoms with Crippen LogP contribution in [0.25, 0.3) is 11.2 Å². The van der Waals surface area contributed by atoms with Crippen LogP contribution in [0.4, 0.5) is 5.82 Å². The topological polar surface area (TPSA) is 135 Å². The Labute approximate surface area is 194 Å². The van der Waals surface area contributed by atoms with Gasteiger partial charge in [0.25, 0.3) is 0 Å². The second kappa shape index (κ2) is 9.84. The maximum Gasteiger partial charge on any atom is 0.167 e. The Bertz CT molecular complexity index is 1080. The maximum atomic E-state index is 10.6. The number of anilines is 1. The minimum atomic E-state index is -1.13. The first-order valence-corrected chi connectivity index (χ1v) is 10.9. The van der Waals surface area contributed by atoms with Gasteiger partial charge in [0, 0.05) is 26.2 Å². The number of likely N-dealkylation sites (N-methyl/N-ethyl adjacent to an activating group) is 1. The van der Waals surface area contributed by atoms with Crippen LogP contribution < -0.4 is 11.1 Å². The van der Waals surface area contributed by atoms with E-state index in [-0.39, 0.29) is 5.82 Å². The highest BCUT2D eigenvalue weighted by atomic mass is 35.5. The fourth-order valence-electron chi connectivity index (χ4n) is 3.72. The van der Waals surface area contributed by atoms with Crippen LogP contribution in [0, 0.1) is 0 Å². The quantitative estimate of drug-likeness (QED) is 0.348. The van der Waals surface area contributed by atoms with E-state index in [0.29, 0.717) is 47.4 Å². The SMILES string of the molecule is CN(CCNCc1ccc(Cl)c(Cl)c1)C[C@H]1O[C@@H](n2cnc3c(N)ncnc32)[C@H](O)[C@@H]1O. The molecule has 32 heavy (non-hydrogen) atoms. The van der Waals surface area contributed by atoms with Gasteiger partial charge in [-0.2, -0.15) is 0 Å². The van der Waals surface area contributed by atoms with Crippen molar-refractivity contribution in [1.29, 1.82) is 0 Å². The number of aliphatic hydroxyl groups excluding tert-OH is 2. The van der Waals surface area contributed by atoms with Gasteiger partial charge < -0.3 is 30.9 Å². The van der Waals surface area contributed by atoms with E-state index in [4.69, 9.17) is 33.7 Å². The summed E-state index contributed by atoms with van der Waals surface area (Å²) in [6, 6.07) is 5.54. The van der Waals surface area contributed by atoms with E-state index in [0.717, 1.165) is 5.56 Å². The monoisotopic (exact) mass is 481 g/mol. The summed E-state index contributed by atoms with van der Waals surface area (Å²) in [5.74, 6) is 0.242. The number of nitrogens with two attached hydrogens (primary N) is 1. The lowest BCUT2D eigenvalue weighted by atomic mass is 10.1. The van der Waals surface area contributed by atoms with E-state index >= 15 is 0 Å². The molecule has 3 heterocycles. The van der Waals surface area contributed by atoms with Gasteiger partial charge in [0.2, 0.25) is 0 Å². The Morgan fingerprint density at radius 2 is 2.00 bits per heavy atom. The van der Waals surface area contributed by atoms with Crippen LogP contribution in [-0.4, -0.2) is 79.6 Å². The van der Waals surface area contributed by atoms with Crippen molar-refractivity contribution in [3.8, 4) is 0 Å². The average molecular weight is 482 g/mol. The molecule has 4 atom stereocenters. The zero-order valence-electron chi connectivity index (χ0n) is 17.4. The van der Waals surface area contributed by atoms with E-state index in [1.165, 1.54) is 12.7 Å². The molecule has 12 heteroatoms. The number of hydrogen-bond acceptors (Lipinski definition) is 9. The number of nitrogen functional groups attached to an aromatic ring is 1. The molecule has 1 fully saturated rings. The van der Waals surface area contributed by atoms with Crippen molar-refractivity contribution in [2.24, 2.45) is 0 Å². The Kier molecular flexibility index (Phi) is 7.11. The highest BCUT2D eigenvalue weighted by Crippen LogP contribution is 2.32. The molecule has 2 aromatic heterocycles. The fraction of sp³-hybridized carbons (Fsp3) is 0.450. The third-order valence-electron chi connectivity index (χ3n) is 5.47. The summed E-state index contributed by atoms with van der Waals surface area (Å²) in [7, 11) is 1.93. The van der Waals surface area contributed by atoms with Crippen LogP contribution in [-0.2, 0) is 11.3 Å². The smallest absolute Gasteiger partial charge is 0.167 e. The summed E-state index contributed by atoms with van der Waals surface area (Å²) >= 11 is 12.0. The second-order valence-electron chi connectivity index (χ2n) is 7.82. The van der Waals surface area contributed by atoms with Crippen molar-refractivity contribution in [2.45, 2.75) is 31.1 Å². The lowest BCUT2D eigenvalue weighted by Gasteiger charge is -2.23. The molecule has 0 spiro atoms. The van der Waals surface area contributed by atoms with Crippen LogP contribution in [0.3, 0.4) is 0 Å². The van der Waals surface area contributed by atoms with E-state index in [1.54, 1.807) is 10.6 Å². The second-order valence-corrected chi connectivity index (χ2v) is 8.63. The number of benzene rings is 1. The summed E-state index contributed by atoms with van der Waals surface area (Å²) < 4.78 is 7.55. The van der Waals surface area contributed by atoms with Gasteiger partial charge in [-0.05, 0) is 24.7 Å².